The molecule has 0 aliphatic rings. The Kier molecular flexibility index (Phi) is 4.68. The molecule has 0 aliphatic carbocycles. The maximum Gasteiger partial charge on any atom is 0.338 e. The van der Waals surface area contributed by atoms with E-state index in [0.717, 1.165) is 22.9 Å². The van der Waals surface area contributed by atoms with E-state index >= 15 is 0 Å². The Hall–Kier alpha value is -1.68. The summed E-state index contributed by atoms with van der Waals surface area (Å²) >= 11 is 3.41. The quantitative estimate of drug-likeness (QED) is 0.811. The lowest BCUT2D eigenvalue weighted by molar-refractivity contribution is 0.0599. The molecule has 0 spiro atoms. The molecule has 0 N–H and O–H groups in total. The average molecular weight is 320 g/mol. The number of pyridine rings is 1. The van der Waals surface area contributed by atoms with Crippen molar-refractivity contribution in [3.8, 4) is 0 Å². The summed E-state index contributed by atoms with van der Waals surface area (Å²) in [6.07, 6.45) is 4.96. The molecule has 0 amide bonds. The summed E-state index contributed by atoms with van der Waals surface area (Å²) in [5, 5.41) is 0. The molecule has 0 aliphatic heterocycles. The number of nitrogens with zero attached hydrogens (tertiary/aromatic N) is 1. The van der Waals surface area contributed by atoms with Gasteiger partial charge in [0, 0.05) is 16.9 Å². The van der Waals surface area contributed by atoms with Gasteiger partial charge in [0.2, 0.25) is 0 Å². The van der Waals surface area contributed by atoms with Crippen LogP contribution in [-0.4, -0.2) is 18.1 Å². The van der Waals surface area contributed by atoms with E-state index in [-0.39, 0.29) is 5.97 Å². The van der Waals surface area contributed by atoms with Gasteiger partial charge in [-0.05, 0) is 42.2 Å². The van der Waals surface area contributed by atoms with Gasteiger partial charge in [-0.15, -0.1) is 0 Å². The smallest absolute Gasteiger partial charge is 0.338 e. The summed E-state index contributed by atoms with van der Waals surface area (Å²) in [6.45, 7) is 0. The number of hydrogen-bond acceptors (Lipinski definition) is 3. The van der Waals surface area contributed by atoms with E-state index < -0.39 is 0 Å². The molecule has 1 heterocycles. The zero-order chi connectivity index (χ0) is 13.7. The number of hydrogen-bond donors (Lipinski definition) is 0. The van der Waals surface area contributed by atoms with Crippen LogP contribution in [0.4, 0.5) is 0 Å². The third-order valence-corrected chi connectivity index (χ3v) is 3.43. The van der Waals surface area contributed by atoms with Crippen LogP contribution in [0.25, 0.3) is 0 Å². The van der Waals surface area contributed by atoms with Crippen molar-refractivity contribution in [1.29, 1.82) is 0 Å². The summed E-state index contributed by atoms with van der Waals surface area (Å²) < 4.78 is 5.83. The van der Waals surface area contributed by atoms with Crippen molar-refractivity contribution in [2.45, 2.75) is 12.8 Å². The number of rotatable bonds is 4. The molecule has 0 atom stereocenters. The van der Waals surface area contributed by atoms with Gasteiger partial charge >= 0.3 is 5.97 Å². The van der Waals surface area contributed by atoms with Gasteiger partial charge in [-0.25, -0.2) is 4.79 Å². The van der Waals surface area contributed by atoms with Crippen LogP contribution < -0.4 is 0 Å². The first-order chi connectivity index (χ1) is 9.20. The minimum Gasteiger partial charge on any atom is -0.465 e. The topological polar surface area (TPSA) is 39.2 Å². The molecule has 2 rings (SSSR count). The second-order valence-corrected chi connectivity index (χ2v) is 5.07. The second kappa shape index (κ2) is 6.48. The molecule has 1 aromatic heterocycles. The van der Waals surface area contributed by atoms with Gasteiger partial charge in [-0.3, -0.25) is 4.98 Å². The number of ether oxygens (including phenoxy) is 1. The number of benzene rings is 1. The number of aromatic nitrogens is 1. The van der Waals surface area contributed by atoms with E-state index in [1.165, 1.54) is 12.7 Å². The number of carbonyl (C=O) groups is 1. The first kappa shape index (κ1) is 13.7. The summed E-state index contributed by atoms with van der Waals surface area (Å²) in [5.74, 6) is -0.312. The predicted octanol–water partition coefficient (Wildman–Crippen LogP) is 3.42. The summed E-state index contributed by atoms with van der Waals surface area (Å²) in [4.78, 5) is 15.7. The second-order valence-electron chi connectivity index (χ2n) is 4.15. The monoisotopic (exact) mass is 319 g/mol. The molecular weight excluding hydrogens is 306 g/mol. The molecule has 0 radical (unpaired) electrons. The van der Waals surface area contributed by atoms with Crippen LogP contribution in [0.15, 0.2) is 47.2 Å². The number of carbonyl (C=O) groups excluding carboxylic acids is 1. The van der Waals surface area contributed by atoms with E-state index in [1.54, 1.807) is 18.5 Å². The van der Waals surface area contributed by atoms with E-state index in [9.17, 15) is 4.79 Å². The Morgan fingerprint density at radius 3 is 2.63 bits per heavy atom. The fourth-order valence-electron chi connectivity index (χ4n) is 1.87. The van der Waals surface area contributed by atoms with E-state index in [1.807, 2.05) is 12.1 Å². The summed E-state index contributed by atoms with van der Waals surface area (Å²) in [6, 6.07) is 9.86. The van der Waals surface area contributed by atoms with Crippen molar-refractivity contribution in [3.05, 3.63) is 63.9 Å². The lowest BCUT2D eigenvalue weighted by Gasteiger charge is -2.07. The van der Waals surface area contributed by atoms with Crippen LogP contribution in [0, 0.1) is 0 Å². The van der Waals surface area contributed by atoms with Gasteiger partial charge in [0.25, 0.3) is 0 Å². The fraction of sp³-hybridized carbons (Fsp3) is 0.200. The van der Waals surface area contributed by atoms with Crippen molar-refractivity contribution in [2.75, 3.05) is 7.11 Å². The Labute approximate surface area is 120 Å². The molecule has 0 saturated carbocycles. The molecular formula is C15H14BrNO2. The molecule has 4 heteroatoms. The van der Waals surface area contributed by atoms with Crippen molar-refractivity contribution < 1.29 is 9.53 Å². The highest BCUT2D eigenvalue weighted by Gasteiger charge is 2.11. The maximum atomic E-state index is 11.6. The number of methoxy groups -OCH3 is 1. The number of halogens is 1. The minimum absolute atomic E-state index is 0.312. The van der Waals surface area contributed by atoms with Crippen LogP contribution in [0.2, 0.25) is 0 Å². The van der Waals surface area contributed by atoms with Crippen LogP contribution in [0.5, 0.6) is 0 Å². The average Bonchev–Trinajstić information content (AvgIpc) is 2.46. The SMILES string of the molecule is COC(=O)c1ccncc1CCc1ccc(Br)cc1. The molecule has 0 bridgehead atoms. The maximum absolute atomic E-state index is 11.6. The van der Waals surface area contributed by atoms with Crippen LogP contribution in [0.1, 0.15) is 21.5 Å². The highest BCUT2D eigenvalue weighted by Crippen LogP contribution is 2.15. The van der Waals surface area contributed by atoms with Crippen molar-refractivity contribution >= 4 is 21.9 Å². The van der Waals surface area contributed by atoms with Gasteiger partial charge in [-0.2, -0.15) is 0 Å². The van der Waals surface area contributed by atoms with Gasteiger partial charge in [0.15, 0.2) is 0 Å². The fourth-order valence-corrected chi connectivity index (χ4v) is 2.13. The summed E-state index contributed by atoms with van der Waals surface area (Å²) in [5.41, 5.74) is 2.73. The van der Waals surface area contributed by atoms with Crippen LogP contribution >= 0.6 is 15.9 Å². The number of aryl methyl sites for hydroxylation is 2. The largest absolute Gasteiger partial charge is 0.465 e. The molecule has 3 nitrogen and oxygen atoms in total. The minimum atomic E-state index is -0.312. The van der Waals surface area contributed by atoms with Gasteiger partial charge in [-0.1, -0.05) is 28.1 Å². The normalized spacial score (nSPS) is 10.2. The molecule has 98 valence electrons. The molecule has 0 unspecified atom stereocenters. The third kappa shape index (κ3) is 3.64. The Morgan fingerprint density at radius 2 is 1.95 bits per heavy atom. The first-order valence-corrected chi connectivity index (χ1v) is 6.75. The molecule has 0 saturated heterocycles. The Balaban J connectivity index is 2.11. The highest BCUT2D eigenvalue weighted by molar-refractivity contribution is 9.10. The zero-order valence-electron chi connectivity index (χ0n) is 10.6. The lowest BCUT2D eigenvalue weighted by atomic mass is 10.0. The zero-order valence-corrected chi connectivity index (χ0v) is 12.2. The Bertz CT molecular complexity index is 567. The van der Waals surface area contributed by atoms with E-state index in [4.69, 9.17) is 4.74 Å². The standard InChI is InChI=1S/C15H14BrNO2/c1-19-15(18)14-8-9-17-10-12(14)5-2-11-3-6-13(16)7-4-11/h3-4,6-10H,2,5H2,1H3. The predicted molar refractivity (Wildman–Crippen MR) is 77.1 cm³/mol. The van der Waals surface area contributed by atoms with Gasteiger partial charge in [0.05, 0.1) is 12.7 Å². The summed E-state index contributed by atoms with van der Waals surface area (Å²) in [7, 11) is 1.39. The van der Waals surface area contributed by atoms with Crippen molar-refractivity contribution in [2.24, 2.45) is 0 Å². The van der Waals surface area contributed by atoms with E-state index in [0.29, 0.717) is 5.56 Å². The van der Waals surface area contributed by atoms with Crippen molar-refractivity contribution in [1.82, 2.24) is 4.98 Å². The molecule has 19 heavy (non-hydrogen) atoms. The Morgan fingerprint density at radius 1 is 1.21 bits per heavy atom. The molecule has 1 aromatic carbocycles. The highest BCUT2D eigenvalue weighted by atomic mass is 79.9. The van der Waals surface area contributed by atoms with Gasteiger partial charge < -0.3 is 4.74 Å². The molecule has 2 aromatic rings. The van der Waals surface area contributed by atoms with Crippen molar-refractivity contribution in [3.63, 3.8) is 0 Å². The lowest BCUT2D eigenvalue weighted by Crippen LogP contribution is -2.07. The number of esters is 1. The van der Waals surface area contributed by atoms with Crippen LogP contribution in [0.3, 0.4) is 0 Å². The van der Waals surface area contributed by atoms with Gasteiger partial charge in [0.1, 0.15) is 0 Å². The molecule has 0 fully saturated rings. The van der Waals surface area contributed by atoms with Crippen LogP contribution in [-0.2, 0) is 17.6 Å². The van der Waals surface area contributed by atoms with E-state index in [2.05, 4.69) is 33.0 Å². The first-order valence-electron chi connectivity index (χ1n) is 5.96. The third-order valence-electron chi connectivity index (χ3n) is 2.91.